The number of carbonyl (C=O) groups is 2. The van der Waals surface area contributed by atoms with Gasteiger partial charge in [0.15, 0.2) is 6.10 Å². The third kappa shape index (κ3) is 2.73. The number of carbonyl (C=O) groups excluding carboxylic acids is 2. The molecule has 16 heavy (non-hydrogen) atoms. The number of hydrogen-bond acceptors (Lipinski definition) is 4. The summed E-state index contributed by atoms with van der Waals surface area (Å²) >= 11 is 0. The fourth-order valence-corrected chi connectivity index (χ4v) is 1.20. The van der Waals surface area contributed by atoms with Gasteiger partial charge in [0.25, 0.3) is 5.91 Å². The predicted octanol–water partition coefficient (Wildman–Crippen LogP) is 0.608. The number of nitrogens with two attached hydrogens (primary N) is 2. The normalized spacial score (nSPS) is 11.9. The molecule has 5 nitrogen and oxygen atoms in total. The van der Waals surface area contributed by atoms with Gasteiger partial charge in [-0.05, 0) is 37.6 Å². The van der Waals surface area contributed by atoms with Gasteiger partial charge in [0.1, 0.15) is 0 Å². The summed E-state index contributed by atoms with van der Waals surface area (Å²) in [6, 6.07) is 4.81. The number of hydrogen-bond donors (Lipinski definition) is 2. The summed E-state index contributed by atoms with van der Waals surface area (Å²) in [4.78, 5) is 22.4. The van der Waals surface area contributed by atoms with Crippen molar-refractivity contribution in [1.29, 1.82) is 0 Å². The van der Waals surface area contributed by atoms with Crippen molar-refractivity contribution in [2.45, 2.75) is 20.0 Å². The van der Waals surface area contributed by atoms with Crippen LogP contribution in [0.4, 0.5) is 5.69 Å². The molecule has 0 spiro atoms. The molecular weight excluding hydrogens is 208 g/mol. The first kappa shape index (κ1) is 12.0. The van der Waals surface area contributed by atoms with Crippen LogP contribution in [0.1, 0.15) is 22.8 Å². The Labute approximate surface area is 93.4 Å². The van der Waals surface area contributed by atoms with E-state index in [1.165, 1.54) is 6.92 Å². The van der Waals surface area contributed by atoms with Gasteiger partial charge < -0.3 is 16.2 Å². The number of rotatable bonds is 3. The molecule has 1 aromatic rings. The van der Waals surface area contributed by atoms with Gasteiger partial charge in [-0.1, -0.05) is 0 Å². The average molecular weight is 222 g/mol. The van der Waals surface area contributed by atoms with Crippen LogP contribution in [0, 0.1) is 6.92 Å². The van der Waals surface area contributed by atoms with Crippen molar-refractivity contribution in [3.8, 4) is 0 Å². The van der Waals surface area contributed by atoms with E-state index in [4.69, 9.17) is 16.2 Å². The number of ether oxygens (including phenoxy) is 1. The number of esters is 1. The van der Waals surface area contributed by atoms with Crippen LogP contribution in [0.2, 0.25) is 0 Å². The van der Waals surface area contributed by atoms with E-state index in [0.29, 0.717) is 16.8 Å². The molecule has 0 fully saturated rings. The van der Waals surface area contributed by atoms with Crippen molar-refractivity contribution in [1.82, 2.24) is 0 Å². The highest BCUT2D eigenvalue weighted by Crippen LogP contribution is 2.14. The largest absolute Gasteiger partial charge is 0.449 e. The van der Waals surface area contributed by atoms with E-state index in [9.17, 15) is 9.59 Å². The third-order valence-corrected chi connectivity index (χ3v) is 2.15. The van der Waals surface area contributed by atoms with Crippen molar-refractivity contribution in [2.75, 3.05) is 5.73 Å². The zero-order valence-electron chi connectivity index (χ0n) is 9.19. The number of primary amides is 1. The Kier molecular flexibility index (Phi) is 3.50. The van der Waals surface area contributed by atoms with Crippen LogP contribution < -0.4 is 11.5 Å². The van der Waals surface area contributed by atoms with Gasteiger partial charge in [0.05, 0.1) is 5.56 Å². The minimum atomic E-state index is -0.940. The maximum atomic E-state index is 11.6. The molecule has 0 aliphatic carbocycles. The number of nitrogen functional groups attached to an aromatic ring is 1. The summed E-state index contributed by atoms with van der Waals surface area (Å²) in [7, 11) is 0. The molecule has 0 aliphatic heterocycles. The smallest absolute Gasteiger partial charge is 0.339 e. The molecule has 0 aromatic heterocycles. The van der Waals surface area contributed by atoms with Crippen molar-refractivity contribution < 1.29 is 14.3 Å². The van der Waals surface area contributed by atoms with Gasteiger partial charge in [0.2, 0.25) is 0 Å². The summed E-state index contributed by atoms with van der Waals surface area (Å²) in [6.07, 6.45) is -0.940. The molecule has 0 aliphatic rings. The summed E-state index contributed by atoms with van der Waals surface area (Å²) in [6.45, 7) is 3.16. The average Bonchev–Trinajstić information content (AvgIpc) is 2.16. The zero-order valence-corrected chi connectivity index (χ0v) is 9.19. The van der Waals surface area contributed by atoms with Gasteiger partial charge in [-0.15, -0.1) is 0 Å². The van der Waals surface area contributed by atoms with E-state index < -0.39 is 18.0 Å². The summed E-state index contributed by atoms with van der Waals surface area (Å²) in [5.41, 5.74) is 12.2. The summed E-state index contributed by atoms with van der Waals surface area (Å²) < 4.78 is 4.86. The fraction of sp³-hybridized carbons (Fsp3) is 0.273. The number of aryl methyl sites for hydroxylation is 1. The Balaban J connectivity index is 2.85. The van der Waals surface area contributed by atoms with E-state index in [0.717, 1.165) is 0 Å². The third-order valence-electron chi connectivity index (χ3n) is 2.15. The summed E-state index contributed by atoms with van der Waals surface area (Å²) in [5.74, 6) is -1.26. The first-order chi connectivity index (χ1) is 7.41. The minimum absolute atomic E-state index is 0.377. The second-order valence-electron chi connectivity index (χ2n) is 3.52. The Bertz CT molecular complexity index is 429. The maximum absolute atomic E-state index is 11.6. The van der Waals surface area contributed by atoms with Gasteiger partial charge in [-0.2, -0.15) is 0 Å². The number of amides is 1. The van der Waals surface area contributed by atoms with E-state index in [1.807, 2.05) is 0 Å². The van der Waals surface area contributed by atoms with Crippen LogP contribution in [-0.2, 0) is 9.53 Å². The Morgan fingerprint density at radius 1 is 1.38 bits per heavy atom. The molecule has 4 N–H and O–H groups in total. The maximum Gasteiger partial charge on any atom is 0.339 e. The molecule has 1 amide bonds. The van der Waals surface area contributed by atoms with Crippen LogP contribution in [0.3, 0.4) is 0 Å². The van der Waals surface area contributed by atoms with Crippen molar-refractivity contribution in [3.63, 3.8) is 0 Å². The van der Waals surface area contributed by atoms with Crippen molar-refractivity contribution in [2.24, 2.45) is 5.73 Å². The topological polar surface area (TPSA) is 95.4 Å². The SMILES string of the molecule is Cc1cc(N)ccc1C(=O)OC(C)C(N)=O. The standard InChI is InChI=1S/C11H14N2O3/c1-6-5-8(12)3-4-9(6)11(15)16-7(2)10(13)14/h3-5,7H,12H2,1-2H3,(H2,13,14). The first-order valence-electron chi connectivity index (χ1n) is 4.78. The summed E-state index contributed by atoms with van der Waals surface area (Å²) in [5, 5.41) is 0. The van der Waals surface area contributed by atoms with Crippen molar-refractivity contribution in [3.05, 3.63) is 29.3 Å². The zero-order chi connectivity index (χ0) is 12.3. The highest BCUT2D eigenvalue weighted by Gasteiger charge is 2.17. The van der Waals surface area contributed by atoms with Crippen LogP contribution in [0.5, 0.6) is 0 Å². The lowest BCUT2D eigenvalue weighted by Gasteiger charge is -2.11. The lowest BCUT2D eigenvalue weighted by Crippen LogP contribution is -2.30. The first-order valence-corrected chi connectivity index (χ1v) is 4.78. The van der Waals surface area contributed by atoms with Crippen molar-refractivity contribution >= 4 is 17.6 Å². The van der Waals surface area contributed by atoms with Gasteiger partial charge >= 0.3 is 5.97 Å². The molecule has 0 saturated carbocycles. The molecule has 1 rings (SSSR count). The molecule has 0 heterocycles. The minimum Gasteiger partial charge on any atom is -0.449 e. The fourth-order valence-electron chi connectivity index (χ4n) is 1.20. The molecule has 0 saturated heterocycles. The highest BCUT2D eigenvalue weighted by atomic mass is 16.5. The molecule has 0 radical (unpaired) electrons. The molecule has 1 atom stereocenters. The van der Waals surface area contributed by atoms with Gasteiger partial charge in [0, 0.05) is 5.69 Å². The number of benzene rings is 1. The Morgan fingerprint density at radius 3 is 2.50 bits per heavy atom. The number of anilines is 1. The van der Waals surface area contributed by atoms with Crippen LogP contribution in [0.15, 0.2) is 18.2 Å². The van der Waals surface area contributed by atoms with Gasteiger partial charge in [-0.3, -0.25) is 4.79 Å². The Morgan fingerprint density at radius 2 is 2.00 bits per heavy atom. The van der Waals surface area contributed by atoms with Crippen LogP contribution in [-0.4, -0.2) is 18.0 Å². The molecule has 86 valence electrons. The molecule has 1 aromatic carbocycles. The second kappa shape index (κ2) is 4.65. The highest BCUT2D eigenvalue weighted by molar-refractivity contribution is 5.93. The second-order valence-corrected chi connectivity index (χ2v) is 3.52. The van der Waals surface area contributed by atoms with Crippen LogP contribution >= 0.6 is 0 Å². The molecular formula is C11H14N2O3. The monoisotopic (exact) mass is 222 g/mol. The Hall–Kier alpha value is -2.04. The van der Waals surface area contributed by atoms with E-state index >= 15 is 0 Å². The van der Waals surface area contributed by atoms with E-state index in [2.05, 4.69) is 0 Å². The lowest BCUT2D eigenvalue weighted by atomic mass is 10.1. The van der Waals surface area contributed by atoms with E-state index in [-0.39, 0.29) is 0 Å². The lowest BCUT2D eigenvalue weighted by molar-refractivity contribution is -0.125. The quantitative estimate of drug-likeness (QED) is 0.578. The predicted molar refractivity (Wildman–Crippen MR) is 59.7 cm³/mol. The molecule has 0 bridgehead atoms. The molecule has 5 heteroatoms. The van der Waals surface area contributed by atoms with Crippen LogP contribution in [0.25, 0.3) is 0 Å². The van der Waals surface area contributed by atoms with E-state index in [1.54, 1.807) is 25.1 Å². The molecule has 1 unspecified atom stereocenters. The van der Waals surface area contributed by atoms with Gasteiger partial charge in [-0.25, -0.2) is 4.79 Å².